The summed E-state index contributed by atoms with van der Waals surface area (Å²) in [4.78, 5) is 30.3. The van der Waals surface area contributed by atoms with Crippen LogP contribution in [0.3, 0.4) is 0 Å². The number of rotatable bonds is 3. The van der Waals surface area contributed by atoms with Crippen molar-refractivity contribution in [1.82, 2.24) is 14.5 Å². The number of hydrogen-bond donors (Lipinski definition) is 1. The Morgan fingerprint density at radius 2 is 1.95 bits per heavy atom. The van der Waals surface area contributed by atoms with Crippen molar-refractivity contribution in [3.05, 3.63) is 74.7 Å². The van der Waals surface area contributed by atoms with Crippen LogP contribution in [0.4, 0.5) is 0 Å². The fourth-order valence-electron chi connectivity index (χ4n) is 2.29. The van der Waals surface area contributed by atoms with Crippen LogP contribution in [-0.2, 0) is 13.0 Å². The molecule has 0 saturated heterocycles. The van der Waals surface area contributed by atoms with E-state index in [0.29, 0.717) is 18.5 Å². The molecule has 2 heterocycles. The SMILES string of the molecule is CCc1cn(Cc2ccc3ccccc3n2)c(=O)[nH]c1=O. The lowest BCUT2D eigenvalue weighted by Crippen LogP contribution is -2.32. The Hall–Kier alpha value is -2.69. The molecule has 0 aliphatic rings. The van der Waals surface area contributed by atoms with Gasteiger partial charge in [-0.05, 0) is 18.6 Å². The highest BCUT2D eigenvalue weighted by Gasteiger charge is 2.05. The van der Waals surface area contributed by atoms with Crippen LogP contribution in [0.2, 0.25) is 0 Å². The molecule has 0 saturated carbocycles. The number of benzene rings is 1. The third-order valence-corrected chi connectivity index (χ3v) is 3.45. The number of aromatic nitrogens is 3. The molecule has 0 unspecified atom stereocenters. The molecule has 2 aromatic heterocycles. The van der Waals surface area contributed by atoms with Crippen LogP contribution in [0, 0.1) is 0 Å². The Balaban J connectivity index is 2.02. The fraction of sp³-hybridized carbons (Fsp3) is 0.188. The number of pyridine rings is 1. The van der Waals surface area contributed by atoms with Gasteiger partial charge in [0, 0.05) is 17.1 Å². The van der Waals surface area contributed by atoms with Gasteiger partial charge in [0.05, 0.1) is 17.8 Å². The van der Waals surface area contributed by atoms with Crippen molar-refractivity contribution >= 4 is 10.9 Å². The molecule has 3 rings (SSSR count). The maximum Gasteiger partial charge on any atom is 0.328 e. The second-order valence-corrected chi connectivity index (χ2v) is 4.89. The van der Waals surface area contributed by atoms with E-state index in [1.807, 2.05) is 43.3 Å². The molecule has 0 atom stereocenters. The van der Waals surface area contributed by atoms with Crippen molar-refractivity contribution in [3.63, 3.8) is 0 Å². The van der Waals surface area contributed by atoms with E-state index >= 15 is 0 Å². The van der Waals surface area contributed by atoms with Crippen LogP contribution in [0.1, 0.15) is 18.2 Å². The lowest BCUT2D eigenvalue weighted by atomic mass is 10.2. The van der Waals surface area contributed by atoms with E-state index in [0.717, 1.165) is 16.6 Å². The quantitative estimate of drug-likeness (QED) is 0.794. The zero-order valence-corrected chi connectivity index (χ0v) is 11.7. The van der Waals surface area contributed by atoms with Crippen LogP contribution < -0.4 is 11.2 Å². The van der Waals surface area contributed by atoms with E-state index in [1.54, 1.807) is 6.20 Å². The van der Waals surface area contributed by atoms with Crippen molar-refractivity contribution < 1.29 is 0 Å². The first kappa shape index (κ1) is 13.3. The first-order valence-electron chi connectivity index (χ1n) is 6.84. The van der Waals surface area contributed by atoms with Crippen molar-refractivity contribution in [1.29, 1.82) is 0 Å². The highest BCUT2D eigenvalue weighted by atomic mass is 16.2. The lowest BCUT2D eigenvalue weighted by molar-refractivity contribution is 0.696. The maximum atomic E-state index is 11.9. The lowest BCUT2D eigenvalue weighted by Gasteiger charge is -2.07. The first-order valence-corrected chi connectivity index (χ1v) is 6.84. The summed E-state index contributed by atoms with van der Waals surface area (Å²) in [5.41, 5.74) is 1.54. The second kappa shape index (κ2) is 5.36. The van der Waals surface area contributed by atoms with Gasteiger partial charge in [-0.15, -0.1) is 0 Å². The monoisotopic (exact) mass is 281 g/mol. The van der Waals surface area contributed by atoms with Crippen LogP contribution in [-0.4, -0.2) is 14.5 Å². The zero-order valence-electron chi connectivity index (χ0n) is 11.7. The molecule has 3 aromatic rings. The van der Waals surface area contributed by atoms with Gasteiger partial charge in [-0.3, -0.25) is 19.3 Å². The molecule has 0 aliphatic heterocycles. The second-order valence-electron chi connectivity index (χ2n) is 4.89. The van der Waals surface area contributed by atoms with Gasteiger partial charge in [-0.2, -0.15) is 0 Å². The Labute approximate surface area is 120 Å². The van der Waals surface area contributed by atoms with Gasteiger partial charge in [0.2, 0.25) is 0 Å². The molecule has 0 amide bonds. The Morgan fingerprint density at radius 3 is 2.76 bits per heavy atom. The first-order chi connectivity index (χ1) is 10.2. The van der Waals surface area contributed by atoms with Crippen molar-refractivity contribution in [2.75, 3.05) is 0 Å². The van der Waals surface area contributed by atoms with Crippen LogP contribution in [0.25, 0.3) is 10.9 Å². The summed E-state index contributed by atoms with van der Waals surface area (Å²) in [7, 11) is 0. The largest absolute Gasteiger partial charge is 0.328 e. The van der Waals surface area contributed by atoms with E-state index < -0.39 is 5.69 Å². The van der Waals surface area contributed by atoms with Gasteiger partial charge in [0.15, 0.2) is 0 Å². The van der Waals surface area contributed by atoms with Crippen molar-refractivity contribution in [2.45, 2.75) is 19.9 Å². The van der Waals surface area contributed by atoms with Gasteiger partial charge >= 0.3 is 5.69 Å². The number of nitrogens with zero attached hydrogens (tertiary/aromatic N) is 2. The third kappa shape index (κ3) is 2.63. The predicted molar refractivity (Wildman–Crippen MR) is 81.5 cm³/mol. The number of para-hydroxylation sites is 1. The minimum Gasteiger partial charge on any atom is -0.294 e. The molecular formula is C16H15N3O2. The fourth-order valence-corrected chi connectivity index (χ4v) is 2.29. The topological polar surface area (TPSA) is 67.8 Å². The van der Waals surface area contributed by atoms with E-state index in [-0.39, 0.29) is 5.56 Å². The summed E-state index contributed by atoms with van der Waals surface area (Å²) in [5, 5.41) is 1.06. The summed E-state index contributed by atoms with van der Waals surface area (Å²) in [5.74, 6) is 0. The molecule has 5 heteroatoms. The third-order valence-electron chi connectivity index (χ3n) is 3.45. The minimum atomic E-state index is -0.410. The normalized spacial score (nSPS) is 10.9. The molecule has 1 aromatic carbocycles. The summed E-state index contributed by atoms with van der Waals surface area (Å²) in [6.07, 6.45) is 2.19. The zero-order chi connectivity index (χ0) is 14.8. The standard InChI is InChI=1S/C16H15N3O2/c1-2-11-9-19(16(21)18-15(11)20)10-13-8-7-12-5-3-4-6-14(12)17-13/h3-9H,2,10H2,1H3,(H,18,20,21). The number of aromatic amines is 1. The maximum absolute atomic E-state index is 11.9. The average Bonchev–Trinajstić information content (AvgIpc) is 2.50. The van der Waals surface area contributed by atoms with Gasteiger partial charge in [0.25, 0.3) is 5.56 Å². The summed E-state index contributed by atoms with van der Waals surface area (Å²) >= 11 is 0. The molecule has 21 heavy (non-hydrogen) atoms. The van der Waals surface area contributed by atoms with Crippen LogP contribution in [0.15, 0.2) is 52.2 Å². The number of H-pyrrole nitrogens is 1. The van der Waals surface area contributed by atoms with Crippen LogP contribution in [0.5, 0.6) is 0 Å². The number of hydrogen-bond acceptors (Lipinski definition) is 3. The van der Waals surface area contributed by atoms with Crippen molar-refractivity contribution in [3.8, 4) is 0 Å². The molecular weight excluding hydrogens is 266 g/mol. The smallest absolute Gasteiger partial charge is 0.294 e. The number of aryl methyl sites for hydroxylation is 1. The molecule has 0 aliphatic carbocycles. The molecule has 5 nitrogen and oxygen atoms in total. The summed E-state index contributed by atoms with van der Waals surface area (Å²) in [6.45, 7) is 2.22. The number of fused-ring (bicyclic) bond motifs is 1. The minimum absolute atomic E-state index is 0.315. The molecule has 0 bridgehead atoms. The highest BCUT2D eigenvalue weighted by Crippen LogP contribution is 2.12. The van der Waals surface area contributed by atoms with Gasteiger partial charge in [0.1, 0.15) is 0 Å². The van der Waals surface area contributed by atoms with E-state index in [9.17, 15) is 9.59 Å². The Bertz CT molecular complexity index is 909. The summed E-state index contributed by atoms with van der Waals surface area (Å²) < 4.78 is 1.48. The van der Waals surface area contributed by atoms with Crippen LogP contribution >= 0.6 is 0 Å². The van der Waals surface area contributed by atoms with Gasteiger partial charge in [-0.25, -0.2) is 4.79 Å². The van der Waals surface area contributed by atoms with Crippen molar-refractivity contribution in [2.24, 2.45) is 0 Å². The van der Waals surface area contributed by atoms with E-state index in [1.165, 1.54) is 4.57 Å². The highest BCUT2D eigenvalue weighted by molar-refractivity contribution is 5.78. The average molecular weight is 281 g/mol. The predicted octanol–water partition coefficient (Wildman–Crippen LogP) is 1.70. The molecule has 106 valence electrons. The Morgan fingerprint density at radius 1 is 1.14 bits per heavy atom. The molecule has 0 spiro atoms. The molecule has 1 N–H and O–H groups in total. The van der Waals surface area contributed by atoms with E-state index in [4.69, 9.17) is 0 Å². The van der Waals surface area contributed by atoms with E-state index in [2.05, 4.69) is 9.97 Å². The Kier molecular flexibility index (Phi) is 3.39. The van der Waals surface area contributed by atoms with Gasteiger partial charge < -0.3 is 0 Å². The number of nitrogens with one attached hydrogen (secondary N) is 1. The molecule has 0 radical (unpaired) electrons. The summed E-state index contributed by atoms with van der Waals surface area (Å²) in [6, 6.07) is 11.7. The van der Waals surface area contributed by atoms with Gasteiger partial charge in [-0.1, -0.05) is 31.2 Å². The molecule has 0 fully saturated rings.